The SMILES string of the molecule is COc1ccc(C(=O)c2ccc(OCC(O)(c3ccc(OC)cc3)c3ccc(OC)cc3)cc2)cc1. The third-order valence-corrected chi connectivity index (χ3v) is 6.05. The van der Waals surface area contributed by atoms with Gasteiger partial charge in [-0.2, -0.15) is 0 Å². The molecule has 0 unspecified atom stereocenters. The molecule has 6 nitrogen and oxygen atoms in total. The van der Waals surface area contributed by atoms with Crippen LogP contribution < -0.4 is 18.9 Å². The molecule has 0 heterocycles. The number of ketones is 1. The van der Waals surface area contributed by atoms with Gasteiger partial charge in [0.1, 0.15) is 35.2 Å². The second-order valence-electron chi connectivity index (χ2n) is 8.19. The van der Waals surface area contributed by atoms with Crippen molar-refractivity contribution in [2.45, 2.75) is 5.60 Å². The van der Waals surface area contributed by atoms with Gasteiger partial charge in [-0.3, -0.25) is 4.79 Å². The van der Waals surface area contributed by atoms with E-state index in [1.165, 1.54) is 0 Å². The summed E-state index contributed by atoms with van der Waals surface area (Å²) < 4.78 is 21.7. The van der Waals surface area contributed by atoms with Crippen molar-refractivity contribution >= 4 is 5.78 Å². The number of hydrogen-bond acceptors (Lipinski definition) is 6. The average molecular weight is 485 g/mol. The van der Waals surface area contributed by atoms with E-state index in [2.05, 4.69) is 0 Å². The van der Waals surface area contributed by atoms with Gasteiger partial charge in [-0.05, 0) is 83.9 Å². The van der Waals surface area contributed by atoms with Gasteiger partial charge in [-0.1, -0.05) is 24.3 Å². The molecule has 4 aromatic rings. The van der Waals surface area contributed by atoms with E-state index in [9.17, 15) is 9.90 Å². The summed E-state index contributed by atoms with van der Waals surface area (Å²) in [7, 11) is 4.77. The highest BCUT2D eigenvalue weighted by atomic mass is 16.5. The zero-order valence-electron chi connectivity index (χ0n) is 20.4. The van der Waals surface area contributed by atoms with Crippen LogP contribution in [0.4, 0.5) is 0 Å². The third-order valence-electron chi connectivity index (χ3n) is 6.05. The van der Waals surface area contributed by atoms with Crippen LogP contribution in [0.15, 0.2) is 97.1 Å². The summed E-state index contributed by atoms with van der Waals surface area (Å²) in [6, 6.07) is 28.2. The predicted octanol–water partition coefficient (Wildman–Crippen LogP) is 5.26. The average Bonchev–Trinajstić information content (AvgIpc) is 2.96. The van der Waals surface area contributed by atoms with Gasteiger partial charge >= 0.3 is 0 Å². The van der Waals surface area contributed by atoms with Crippen molar-refractivity contribution in [1.82, 2.24) is 0 Å². The first kappa shape index (κ1) is 24.8. The molecule has 0 aliphatic heterocycles. The molecular formula is C30H28O6. The van der Waals surface area contributed by atoms with E-state index >= 15 is 0 Å². The van der Waals surface area contributed by atoms with Crippen LogP contribution in [-0.4, -0.2) is 38.8 Å². The normalized spacial score (nSPS) is 11.0. The van der Waals surface area contributed by atoms with Gasteiger partial charge in [0.2, 0.25) is 0 Å². The zero-order chi connectivity index (χ0) is 25.5. The van der Waals surface area contributed by atoms with Gasteiger partial charge in [-0.25, -0.2) is 0 Å². The lowest BCUT2D eigenvalue weighted by Crippen LogP contribution is -2.34. The van der Waals surface area contributed by atoms with Crippen LogP contribution in [-0.2, 0) is 5.60 Å². The molecule has 0 radical (unpaired) electrons. The van der Waals surface area contributed by atoms with Crippen LogP contribution in [0.25, 0.3) is 0 Å². The Morgan fingerprint density at radius 3 is 1.28 bits per heavy atom. The van der Waals surface area contributed by atoms with Crippen molar-refractivity contribution < 1.29 is 28.8 Å². The first-order valence-electron chi connectivity index (χ1n) is 11.4. The molecule has 4 rings (SSSR count). The fourth-order valence-electron chi connectivity index (χ4n) is 3.87. The molecular weight excluding hydrogens is 456 g/mol. The van der Waals surface area contributed by atoms with E-state index < -0.39 is 5.60 Å². The number of ether oxygens (including phenoxy) is 4. The fraction of sp³-hybridized carbons (Fsp3) is 0.167. The molecule has 6 heteroatoms. The largest absolute Gasteiger partial charge is 0.497 e. The molecule has 0 saturated heterocycles. The molecule has 0 saturated carbocycles. The number of rotatable bonds is 10. The number of carbonyl (C=O) groups excluding carboxylic acids is 1. The van der Waals surface area contributed by atoms with Crippen molar-refractivity contribution in [1.29, 1.82) is 0 Å². The number of hydrogen-bond donors (Lipinski definition) is 1. The molecule has 1 N–H and O–H groups in total. The van der Waals surface area contributed by atoms with E-state index in [0.717, 1.165) is 0 Å². The lowest BCUT2D eigenvalue weighted by Gasteiger charge is -2.29. The van der Waals surface area contributed by atoms with Crippen molar-refractivity contribution in [2.75, 3.05) is 27.9 Å². The van der Waals surface area contributed by atoms with Gasteiger partial charge < -0.3 is 24.1 Å². The maximum absolute atomic E-state index is 12.8. The molecule has 0 aliphatic rings. The zero-order valence-corrected chi connectivity index (χ0v) is 20.4. The summed E-state index contributed by atoms with van der Waals surface area (Å²) in [6.07, 6.45) is 0. The van der Waals surface area contributed by atoms with Crippen molar-refractivity contribution in [3.05, 3.63) is 119 Å². The van der Waals surface area contributed by atoms with Crippen molar-refractivity contribution in [3.8, 4) is 23.0 Å². The first-order valence-corrected chi connectivity index (χ1v) is 11.4. The standard InChI is InChI=1S/C30H28O6/c1-33-25-12-4-21(5-13-25)29(31)22-6-14-28(15-7-22)36-20-30(32,23-8-16-26(34-2)17-9-23)24-10-18-27(35-3)19-11-24/h4-19,32H,20H2,1-3H3. The Morgan fingerprint density at radius 2 is 0.917 bits per heavy atom. The minimum atomic E-state index is -1.43. The van der Waals surface area contributed by atoms with Gasteiger partial charge in [-0.15, -0.1) is 0 Å². The maximum Gasteiger partial charge on any atom is 0.193 e. The molecule has 184 valence electrons. The summed E-state index contributed by atoms with van der Waals surface area (Å²) >= 11 is 0. The third kappa shape index (κ3) is 5.34. The Bertz CT molecular complexity index is 1230. The van der Waals surface area contributed by atoms with Crippen LogP contribution in [0.5, 0.6) is 23.0 Å². The minimum Gasteiger partial charge on any atom is -0.497 e. The highest BCUT2D eigenvalue weighted by Crippen LogP contribution is 2.33. The second kappa shape index (κ2) is 11.0. The summed E-state index contributed by atoms with van der Waals surface area (Å²) in [4.78, 5) is 12.8. The molecule has 0 spiro atoms. The maximum atomic E-state index is 12.8. The highest BCUT2D eigenvalue weighted by molar-refractivity contribution is 6.09. The van der Waals surface area contributed by atoms with Gasteiger partial charge in [0.15, 0.2) is 5.78 Å². The van der Waals surface area contributed by atoms with E-state index in [4.69, 9.17) is 18.9 Å². The lowest BCUT2D eigenvalue weighted by molar-refractivity contribution is 0.0275. The van der Waals surface area contributed by atoms with E-state index in [-0.39, 0.29) is 12.4 Å². The van der Waals surface area contributed by atoms with Crippen LogP contribution in [0.3, 0.4) is 0 Å². The summed E-state index contributed by atoms with van der Waals surface area (Å²) in [5, 5.41) is 11.8. The number of aliphatic hydroxyl groups is 1. The van der Waals surface area contributed by atoms with Crippen LogP contribution in [0.2, 0.25) is 0 Å². The highest BCUT2D eigenvalue weighted by Gasteiger charge is 2.33. The molecule has 0 atom stereocenters. The molecule has 0 aromatic heterocycles. The molecule has 4 aromatic carbocycles. The number of methoxy groups -OCH3 is 3. The number of benzene rings is 4. The summed E-state index contributed by atoms with van der Waals surface area (Å²) in [5.41, 5.74) is 0.973. The molecule has 36 heavy (non-hydrogen) atoms. The second-order valence-corrected chi connectivity index (χ2v) is 8.19. The van der Waals surface area contributed by atoms with Gasteiger partial charge in [0, 0.05) is 11.1 Å². The van der Waals surface area contributed by atoms with E-state index in [1.807, 2.05) is 24.3 Å². The van der Waals surface area contributed by atoms with E-state index in [1.54, 1.807) is 94.1 Å². The lowest BCUT2D eigenvalue weighted by atomic mass is 9.87. The molecule has 0 bridgehead atoms. The Morgan fingerprint density at radius 1 is 0.583 bits per heavy atom. The molecule has 0 amide bonds. The smallest absolute Gasteiger partial charge is 0.193 e. The van der Waals surface area contributed by atoms with Crippen molar-refractivity contribution in [3.63, 3.8) is 0 Å². The van der Waals surface area contributed by atoms with Gasteiger partial charge in [0.25, 0.3) is 0 Å². The van der Waals surface area contributed by atoms with Crippen LogP contribution in [0.1, 0.15) is 27.0 Å². The van der Waals surface area contributed by atoms with Crippen LogP contribution >= 0.6 is 0 Å². The van der Waals surface area contributed by atoms with E-state index in [0.29, 0.717) is 45.3 Å². The Balaban J connectivity index is 1.54. The molecule has 0 fully saturated rings. The Kier molecular flexibility index (Phi) is 7.56. The minimum absolute atomic E-state index is 0.0442. The topological polar surface area (TPSA) is 74.2 Å². The fourth-order valence-corrected chi connectivity index (χ4v) is 3.87. The summed E-state index contributed by atoms with van der Waals surface area (Å²) in [5.74, 6) is 2.50. The predicted molar refractivity (Wildman–Crippen MR) is 137 cm³/mol. The number of carbonyl (C=O) groups is 1. The van der Waals surface area contributed by atoms with Gasteiger partial charge in [0.05, 0.1) is 21.3 Å². The quantitative estimate of drug-likeness (QED) is 0.310. The van der Waals surface area contributed by atoms with Crippen LogP contribution in [0, 0.1) is 0 Å². The Labute approximate surface area is 210 Å². The van der Waals surface area contributed by atoms with Crippen molar-refractivity contribution in [2.24, 2.45) is 0 Å². The monoisotopic (exact) mass is 484 g/mol. The molecule has 0 aliphatic carbocycles. The first-order chi connectivity index (χ1) is 17.5. The Hall–Kier alpha value is -4.29. The summed E-state index contributed by atoms with van der Waals surface area (Å²) in [6.45, 7) is -0.0442.